The number of sulfonamides is 1. The smallest absolute Gasteiger partial charge is 0.272 e. The summed E-state index contributed by atoms with van der Waals surface area (Å²) < 4.78 is 54.4. The predicted molar refractivity (Wildman–Crippen MR) is 129 cm³/mol. The van der Waals surface area contributed by atoms with E-state index in [0.717, 1.165) is 31.0 Å². The highest BCUT2D eigenvalue weighted by atomic mass is 32.2. The number of hydrogen-bond donors (Lipinski definition) is 2. The molecule has 3 aromatic rings. The van der Waals surface area contributed by atoms with Gasteiger partial charge in [0.25, 0.3) is 11.6 Å². The summed E-state index contributed by atoms with van der Waals surface area (Å²) in [5, 5.41) is 18.5. The number of ether oxygens (including phenoxy) is 2. The number of carbonyl (C=O) groups excluding carboxylic acids is 1. The number of hydrogen-bond acceptors (Lipinski definition) is 8. The monoisotopic (exact) mass is 533 g/mol. The standard InChI is InChI=1S/C23H24FN5O7S/c1-14-21(22(30)26-16-6-7-16)27-28(17-5-3-4-15(24)12-17)23(14)36-19-9-8-18(29(31)32)13-20(19)37(33,34)25-10-11-35-2/h3-5,8-9,12-13,16,25H,6-7,10-11H2,1-2H3,(H,26,30). The first kappa shape index (κ1) is 26.2. The van der Waals surface area contributed by atoms with Crippen molar-refractivity contribution in [2.24, 2.45) is 0 Å². The maximum Gasteiger partial charge on any atom is 0.272 e. The van der Waals surface area contributed by atoms with Gasteiger partial charge in [0.15, 0.2) is 5.69 Å². The minimum absolute atomic E-state index is 0.00991. The number of carbonyl (C=O) groups is 1. The molecule has 1 aliphatic rings. The second kappa shape index (κ2) is 10.6. The Bertz CT molecular complexity index is 1450. The van der Waals surface area contributed by atoms with Gasteiger partial charge in [-0.25, -0.2) is 17.5 Å². The fourth-order valence-corrected chi connectivity index (χ4v) is 4.60. The molecule has 0 atom stereocenters. The summed E-state index contributed by atoms with van der Waals surface area (Å²) in [6.45, 7) is 1.53. The van der Waals surface area contributed by atoms with Crippen LogP contribution in [-0.4, -0.2) is 55.3 Å². The molecule has 2 N–H and O–H groups in total. The van der Waals surface area contributed by atoms with Crippen molar-refractivity contribution in [3.05, 3.63) is 69.7 Å². The van der Waals surface area contributed by atoms with Crippen molar-refractivity contribution in [3.8, 4) is 17.3 Å². The van der Waals surface area contributed by atoms with Crippen LogP contribution in [0.5, 0.6) is 11.6 Å². The summed E-state index contributed by atoms with van der Waals surface area (Å²) in [5.41, 5.74) is 0.0135. The molecule has 1 aromatic heterocycles. The molecule has 37 heavy (non-hydrogen) atoms. The molecule has 0 unspecified atom stereocenters. The van der Waals surface area contributed by atoms with E-state index in [-0.39, 0.29) is 47.8 Å². The van der Waals surface area contributed by atoms with Crippen LogP contribution in [0, 0.1) is 22.9 Å². The van der Waals surface area contributed by atoms with E-state index < -0.39 is 37.3 Å². The average Bonchev–Trinajstić information content (AvgIpc) is 3.61. The molecule has 4 rings (SSSR count). The number of nitrogens with zero attached hydrogens (tertiary/aromatic N) is 3. The zero-order valence-corrected chi connectivity index (χ0v) is 20.7. The van der Waals surface area contributed by atoms with Crippen LogP contribution in [0.25, 0.3) is 5.69 Å². The largest absolute Gasteiger partial charge is 0.437 e. The van der Waals surface area contributed by atoms with Gasteiger partial charge in [0, 0.05) is 37.4 Å². The van der Waals surface area contributed by atoms with Gasteiger partial charge in [0.2, 0.25) is 15.9 Å². The number of aromatic nitrogens is 2. The highest BCUT2D eigenvalue weighted by Crippen LogP contribution is 2.36. The summed E-state index contributed by atoms with van der Waals surface area (Å²) in [7, 11) is -2.89. The Labute approximate surface area is 211 Å². The number of halogens is 1. The molecule has 12 nitrogen and oxygen atoms in total. The molecule has 1 fully saturated rings. The molecule has 1 heterocycles. The van der Waals surface area contributed by atoms with E-state index in [1.165, 1.54) is 36.1 Å². The van der Waals surface area contributed by atoms with E-state index in [4.69, 9.17) is 9.47 Å². The quantitative estimate of drug-likeness (QED) is 0.217. The normalized spacial score (nSPS) is 13.4. The lowest BCUT2D eigenvalue weighted by Crippen LogP contribution is -2.27. The predicted octanol–water partition coefficient (Wildman–Crippen LogP) is 2.84. The van der Waals surface area contributed by atoms with Crippen molar-refractivity contribution in [1.29, 1.82) is 0 Å². The van der Waals surface area contributed by atoms with Gasteiger partial charge in [0.05, 0.1) is 17.2 Å². The average molecular weight is 534 g/mol. The lowest BCUT2D eigenvalue weighted by molar-refractivity contribution is -0.385. The number of rotatable bonds is 11. The van der Waals surface area contributed by atoms with Gasteiger partial charge in [-0.3, -0.25) is 14.9 Å². The van der Waals surface area contributed by atoms with E-state index >= 15 is 0 Å². The molecule has 1 aliphatic carbocycles. The Morgan fingerprint density at radius 2 is 2.03 bits per heavy atom. The first-order chi connectivity index (χ1) is 17.6. The van der Waals surface area contributed by atoms with Crippen LogP contribution in [0.1, 0.15) is 28.9 Å². The lowest BCUT2D eigenvalue weighted by Gasteiger charge is -2.14. The van der Waals surface area contributed by atoms with E-state index in [1.807, 2.05) is 0 Å². The number of nitrogens with one attached hydrogen (secondary N) is 2. The fourth-order valence-electron chi connectivity index (χ4n) is 3.44. The first-order valence-corrected chi connectivity index (χ1v) is 12.7. The lowest BCUT2D eigenvalue weighted by atomic mass is 10.2. The number of amides is 1. The number of nitro groups is 1. The molecule has 0 radical (unpaired) electrons. The molecular formula is C23H24FN5O7S. The third-order valence-electron chi connectivity index (χ3n) is 5.48. The van der Waals surface area contributed by atoms with Crippen molar-refractivity contribution in [2.75, 3.05) is 20.3 Å². The fraction of sp³-hybridized carbons (Fsp3) is 0.304. The van der Waals surface area contributed by atoms with Crippen LogP contribution >= 0.6 is 0 Å². The second-order valence-electron chi connectivity index (χ2n) is 8.30. The first-order valence-electron chi connectivity index (χ1n) is 11.2. The Hall–Kier alpha value is -3.88. The summed E-state index contributed by atoms with van der Waals surface area (Å²) in [6.07, 6.45) is 1.69. The van der Waals surface area contributed by atoms with Crippen molar-refractivity contribution in [2.45, 2.75) is 30.7 Å². The van der Waals surface area contributed by atoms with Crippen LogP contribution in [0.15, 0.2) is 47.4 Å². The number of non-ortho nitro benzene ring substituents is 1. The van der Waals surface area contributed by atoms with Crippen LogP contribution in [0.2, 0.25) is 0 Å². The van der Waals surface area contributed by atoms with Gasteiger partial charge in [-0.1, -0.05) is 6.07 Å². The van der Waals surface area contributed by atoms with Crippen LogP contribution < -0.4 is 14.8 Å². The van der Waals surface area contributed by atoms with Gasteiger partial charge < -0.3 is 14.8 Å². The van der Waals surface area contributed by atoms with Crippen LogP contribution in [-0.2, 0) is 14.8 Å². The van der Waals surface area contributed by atoms with Crippen molar-refractivity contribution < 1.29 is 32.0 Å². The zero-order valence-electron chi connectivity index (χ0n) is 19.9. The number of nitro benzene ring substituents is 1. The minimum atomic E-state index is -4.28. The Balaban J connectivity index is 1.82. The van der Waals surface area contributed by atoms with E-state index in [0.29, 0.717) is 0 Å². The third-order valence-corrected chi connectivity index (χ3v) is 6.96. The molecule has 0 bridgehead atoms. The molecular weight excluding hydrogens is 509 g/mol. The summed E-state index contributed by atoms with van der Waals surface area (Å²) in [4.78, 5) is 22.9. The number of methoxy groups -OCH3 is 1. The van der Waals surface area contributed by atoms with E-state index in [1.54, 1.807) is 6.92 Å². The van der Waals surface area contributed by atoms with Gasteiger partial charge in [-0.05, 0) is 44.0 Å². The summed E-state index contributed by atoms with van der Waals surface area (Å²) in [6, 6.07) is 8.50. The van der Waals surface area contributed by atoms with Gasteiger partial charge in [0.1, 0.15) is 16.5 Å². The van der Waals surface area contributed by atoms with Gasteiger partial charge in [-0.15, -0.1) is 0 Å². The third kappa shape index (κ3) is 5.93. The Morgan fingerprint density at radius 3 is 2.68 bits per heavy atom. The number of benzene rings is 2. The van der Waals surface area contributed by atoms with E-state index in [2.05, 4.69) is 15.1 Å². The molecule has 1 amide bonds. The van der Waals surface area contributed by atoms with Crippen LogP contribution in [0.4, 0.5) is 10.1 Å². The molecule has 0 saturated heterocycles. The van der Waals surface area contributed by atoms with E-state index in [9.17, 15) is 27.7 Å². The SMILES string of the molecule is COCCNS(=O)(=O)c1cc([N+](=O)[O-])ccc1Oc1c(C)c(C(=O)NC2CC2)nn1-c1cccc(F)c1. The summed E-state index contributed by atoms with van der Waals surface area (Å²) >= 11 is 0. The van der Waals surface area contributed by atoms with Crippen LogP contribution in [0.3, 0.4) is 0 Å². The molecule has 0 spiro atoms. The van der Waals surface area contributed by atoms with Gasteiger partial charge in [-0.2, -0.15) is 9.78 Å². The Kier molecular flexibility index (Phi) is 7.52. The topological polar surface area (TPSA) is 155 Å². The molecule has 2 aromatic carbocycles. The molecule has 0 aliphatic heterocycles. The zero-order chi connectivity index (χ0) is 26.7. The van der Waals surface area contributed by atoms with Crippen molar-refractivity contribution in [1.82, 2.24) is 19.8 Å². The minimum Gasteiger partial charge on any atom is -0.437 e. The molecule has 1 saturated carbocycles. The molecule has 14 heteroatoms. The second-order valence-corrected chi connectivity index (χ2v) is 10.0. The highest BCUT2D eigenvalue weighted by Gasteiger charge is 2.30. The summed E-state index contributed by atoms with van der Waals surface area (Å²) in [5.74, 6) is -1.35. The van der Waals surface area contributed by atoms with Gasteiger partial charge >= 0.3 is 0 Å². The maximum atomic E-state index is 14.0. The van der Waals surface area contributed by atoms with Crippen molar-refractivity contribution in [3.63, 3.8) is 0 Å². The highest BCUT2D eigenvalue weighted by molar-refractivity contribution is 7.89. The van der Waals surface area contributed by atoms with Crippen molar-refractivity contribution >= 4 is 21.6 Å². The Morgan fingerprint density at radius 1 is 1.27 bits per heavy atom. The maximum absolute atomic E-state index is 14.0. The molecule has 196 valence electrons.